The van der Waals surface area contributed by atoms with Gasteiger partial charge in [-0.1, -0.05) is 6.07 Å². The molecule has 3 heterocycles. The van der Waals surface area contributed by atoms with E-state index in [4.69, 9.17) is 18.9 Å². The van der Waals surface area contributed by atoms with Crippen molar-refractivity contribution < 1.29 is 47.0 Å². The van der Waals surface area contributed by atoms with Crippen LogP contribution in [0, 0.1) is 21.7 Å². The number of hydrogen-bond acceptors (Lipinski definition) is 10. The van der Waals surface area contributed by atoms with Gasteiger partial charge in [-0.25, -0.2) is 13.6 Å². The molecule has 2 aliphatic heterocycles. The maximum Gasteiger partial charge on any atom is 0.516 e. The topological polar surface area (TPSA) is 169 Å². The molecule has 16 heteroatoms. The second-order valence-corrected chi connectivity index (χ2v) is 9.48. The minimum atomic E-state index is -1.29. The van der Waals surface area contributed by atoms with Gasteiger partial charge in [0, 0.05) is 36.5 Å². The number of benzene rings is 2. The van der Waals surface area contributed by atoms with Gasteiger partial charge in [0.05, 0.1) is 24.1 Å². The highest BCUT2D eigenvalue weighted by Crippen LogP contribution is 2.30. The summed E-state index contributed by atoms with van der Waals surface area (Å²) in [6.45, 7) is 0.732. The van der Waals surface area contributed by atoms with Crippen molar-refractivity contribution in [2.24, 2.45) is 0 Å². The van der Waals surface area contributed by atoms with Gasteiger partial charge in [0.2, 0.25) is 18.0 Å². The predicted molar refractivity (Wildman–Crippen MR) is 139 cm³/mol. The first kappa shape index (κ1) is 29.1. The Morgan fingerprint density at radius 3 is 2.60 bits per heavy atom. The third-order valence-corrected chi connectivity index (χ3v) is 6.67. The summed E-state index contributed by atoms with van der Waals surface area (Å²) >= 11 is 0. The molecule has 2 aromatic carbocycles. The summed E-state index contributed by atoms with van der Waals surface area (Å²) < 4.78 is 49.4. The van der Waals surface area contributed by atoms with Gasteiger partial charge in [0.25, 0.3) is 17.5 Å². The fourth-order valence-electron chi connectivity index (χ4n) is 4.59. The summed E-state index contributed by atoms with van der Waals surface area (Å²) in [5.74, 6) is -3.93. The zero-order valence-corrected chi connectivity index (χ0v) is 22.3. The lowest BCUT2D eigenvalue weighted by Crippen LogP contribution is -2.49. The lowest BCUT2D eigenvalue weighted by atomic mass is 10.1. The number of rotatable bonds is 8. The Bertz CT molecular complexity index is 1680. The van der Waals surface area contributed by atoms with Gasteiger partial charge in [-0.05, 0) is 25.1 Å². The minimum absolute atomic E-state index is 0.0385. The van der Waals surface area contributed by atoms with Crippen molar-refractivity contribution in [1.82, 2.24) is 14.8 Å². The highest BCUT2D eigenvalue weighted by Gasteiger charge is 2.43. The van der Waals surface area contributed by atoms with Crippen LogP contribution < -0.4 is 20.2 Å². The van der Waals surface area contributed by atoms with Crippen LogP contribution in [0.15, 0.2) is 53.5 Å². The molecule has 1 fully saturated rings. The summed E-state index contributed by atoms with van der Waals surface area (Å²) in [6.07, 6.45) is -0.819. The van der Waals surface area contributed by atoms with Crippen LogP contribution in [0.2, 0.25) is 0 Å². The lowest BCUT2D eigenvalue weighted by molar-refractivity contribution is -0.384. The van der Waals surface area contributed by atoms with Crippen molar-refractivity contribution in [3.8, 4) is 11.5 Å². The average molecular weight is 600 g/mol. The number of aromatic nitrogens is 1. The number of nitrogens with zero attached hydrogens (tertiary/aromatic N) is 3. The number of fused-ring (bicyclic) bond motifs is 2. The quantitative estimate of drug-likeness (QED) is 0.133. The molecule has 1 N–H and O–H groups in total. The van der Waals surface area contributed by atoms with Crippen LogP contribution in [0.1, 0.15) is 33.3 Å². The first-order chi connectivity index (χ1) is 20.5. The van der Waals surface area contributed by atoms with E-state index in [9.17, 15) is 38.1 Å². The summed E-state index contributed by atoms with van der Waals surface area (Å²) in [6, 6.07) is 7.01. The van der Waals surface area contributed by atoms with Gasteiger partial charge < -0.3 is 33.7 Å². The van der Waals surface area contributed by atoms with Crippen LogP contribution in [0.25, 0.3) is 0 Å². The maximum atomic E-state index is 14.1. The van der Waals surface area contributed by atoms with Gasteiger partial charge in [-0.3, -0.25) is 24.5 Å². The average Bonchev–Trinajstić information content (AvgIpc) is 3.34. The number of carbonyl (C=O) groups excluding carboxylic acids is 3. The molecule has 0 bridgehead atoms. The Morgan fingerprint density at radius 1 is 1.16 bits per heavy atom. The van der Waals surface area contributed by atoms with Crippen LogP contribution in [0.4, 0.5) is 19.3 Å². The molecule has 1 aromatic heterocycles. The molecule has 1 saturated heterocycles. The summed E-state index contributed by atoms with van der Waals surface area (Å²) in [7, 11) is 0. The molecule has 14 nitrogen and oxygen atoms in total. The van der Waals surface area contributed by atoms with Crippen LogP contribution in [0.3, 0.4) is 0 Å². The second kappa shape index (κ2) is 11.8. The second-order valence-electron chi connectivity index (χ2n) is 9.48. The molecular weight excluding hydrogens is 578 g/mol. The van der Waals surface area contributed by atoms with E-state index in [1.165, 1.54) is 9.47 Å². The zero-order chi connectivity index (χ0) is 30.8. The standard InChI is InChI=1S/C27H22F2N4O10/c1-14-12-40-21-11-31-10-19(25(35)30-9-15-2-3-16(28)8-20(15)29)23(34)24(22(31)26(36)32(14)21)41-13-42-27(37)43-18-6-4-17(5-7-18)33(38)39/h2-8,10,14,21H,9,11-13H2,1H3,(H,30,35)/t14-,21+/m0/s1. The molecule has 0 aliphatic carbocycles. The number of halogens is 2. The van der Waals surface area contributed by atoms with E-state index in [2.05, 4.69) is 5.32 Å². The van der Waals surface area contributed by atoms with Gasteiger partial charge in [0.1, 0.15) is 22.9 Å². The third-order valence-electron chi connectivity index (χ3n) is 6.67. The van der Waals surface area contributed by atoms with Crippen LogP contribution in [-0.4, -0.2) is 58.0 Å². The van der Waals surface area contributed by atoms with E-state index in [0.717, 1.165) is 42.6 Å². The first-order valence-corrected chi connectivity index (χ1v) is 12.7. The molecule has 224 valence electrons. The monoisotopic (exact) mass is 600 g/mol. The van der Waals surface area contributed by atoms with Crippen LogP contribution in [-0.2, 0) is 22.6 Å². The number of amides is 2. The van der Waals surface area contributed by atoms with Crippen LogP contribution in [0.5, 0.6) is 11.5 Å². The molecule has 2 atom stereocenters. The predicted octanol–water partition coefficient (Wildman–Crippen LogP) is 2.72. The Kier molecular flexibility index (Phi) is 8.03. The Balaban J connectivity index is 1.36. The number of carbonyl (C=O) groups is 3. The molecule has 43 heavy (non-hydrogen) atoms. The van der Waals surface area contributed by atoms with Crippen molar-refractivity contribution >= 4 is 23.7 Å². The summed E-state index contributed by atoms with van der Waals surface area (Å²) in [5, 5.41) is 13.2. The number of pyridine rings is 1. The zero-order valence-electron chi connectivity index (χ0n) is 22.3. The molecule has 0 radical (unpaired) electrons. The minimum Gasteiger partial charge on any atom is -0.451 e. The summed E-state index contributed by atoms with van der Waals surface area (Å²) in [5.41, 5.74) is -1.97. The molecule has 3 aromatic rings. The smallest absolute Gasteiger partial charge is 0.451 e. The Hall–Kier alpha value is -5.38. The molecule has 2 aliphatic rings. The number of non-ortho nitro benzene ring substituents is 1. The number of hydrogen-bond donors (Lipinski definition) is 1. The molecule has 2 amide bonds. The fraction of sp³-hybridized carbons (Fsp3) is 0.259. The molecule has 5 rings (SSSR count). The van der Waals surface area contributed by atoms with E-state index in [1.807, 2.05) is 0 Å². The fourth-order valence-corrected chi connectivity index (χ4v) is 4.59. The highest BCUT2D eigenvalue weighted by molar-refractivity contribution is 5.99. The van der Waals surface area contributed by atoms with Crippen molar-refractivity contribution in [3.05, 3.63) is 97.5 Å². The van der Waals surface area contributed by atoms with Crippen molar-refractivity contribution in [2.45, 2.75) is 32.3 Å². The van der Waals surface area contributed by atoms with E-state index >= 15 is 0 Å². The van der Waals surface area contributed by atoms with E-state index in [0.29, 0.717) is 6.07 Å². The summed E-state index contributed by atoms with van der Waals surface area (Å²) in [4.78, 5) is 63.6. The highest BCUT2D eigenvalue weighted by atomic mass is 19.1. The van der Waals surface area contributed by atoms with Crippen molar-refractivity contribution in [2.75, 3.05) is 13.4 Å². The van der Waals surface area contributed by atoms with Gasteiger partial charge in [-0.2, -0.15) is 0 Å². The maximum absolute atomic E-state index is 14.1. The van der Waals surface area contributed by atoms with Gasteiger partial charge in [0.15, 0.2) is 11.9 Å². The Labute approximate surface area is 240 Å². The van der Waals surface area contributed by atoms with Crippen LogP contribution >= 0.6 is 0 Å². The van der Waals surface area contributed by atoms with Gasteiger partial charge in [-0.15, -0.1) is 0 Å². The van der Waals surface area contributed by atoms with E-state index in [1.54, 1.807) is 6.92 Å². The van der Waals surface area contributed by atoms with Crippen molar-refractivity contribution in [1.29, 1.82) is 0 Å². The van der Waals surface area contributed by atoms with E-state index in [-0.39, 0.29) is 48.4 Å². The Morgan fingerprint density at radius 2 is 1.91 bits per heavy atom. The first-order valence-electron chi connectivity index (χ1n) is 12.7. The van der Waals surface area contributed by atoms with Gasteiger partial charge >= 0.3 is 6.16 Å². The molecule has 0 unspecified atom stereocenters. The lowest BCUT2D eigenvalue weighted by Gasteiger charge is -2.34. The molecule has 0 spiro atoms. The van der Waals surface area contributed by atoms with Crippen molar-refractivity contribution in [3.63, 3.8) is 0 Å². The third kappa shape index (κ3) is 5.99. The SMILES string of the molecule is C[C@H]1CO[C@@H]2Cn3cc(C(=O)NCc4ccc(F)cc4F)c(=O)c(OCOC(=O)Oc4ccc([N+](=O)[O-])cc4)c3C(=O)N12. The number of nitro benzene ring substituents is 1. The number of nitrogens with one attached hydrogen (secondary N) is 1. The molecular formula is C27H22F2N4O10. The number of nitro groups is 1. The number of ether oxygens (including phenoxy) is 4. The normalized spacial score (nSPS) is 17.1. The largest absolute Gasteiger partial charge is 0.516 e. The molecule has 0 saturated carbocycles. The van der Waals surface area contributed by atoms with E-state index < -0.39 is 64.3 Å².